The molecule has 4 heteroatoms. The number of hydrogen-bond acceptors (Lipinski definition) is 3. The van der Waals surface area contributed by atoms with Crippen LogP contribution in [0.1, 0.15) is 65.4 Å². The minimum Gasteiger partial charge on any atom is -0.366 e. The Balaban J connectivity index is 0.910. The molecule has 5 aliphatic rings. The van der Waals surface area contributed by atoms with E-state index < -0.39 is 0 Å². The molecule has 4 nitrogen and oxygen atoms in total. The molecule has 0 radical (unpaired) electrons. The van der Waals surface area contributed by atoms with Crippen molar-refractivity contribution >= 4 is 45.2 Å². The maximum Gasteiger partial charge on any atom is 0.101 e. The van der Waals surface area contributed by atoms with E-state index in [0.29, 0.717) is 11.8 Å². The molecule has 0 bridgehead atoms. The summed E-state index contributed by atoms with van der Waals surface area (Å²) < 4.78 is 2.53. The summed E-state index contributed by atoms with van der Waals surface area (Å²) in [7, 11) is 0. The van der Waals surface area contributed by atoms with Crippen LogP contribution in [0.2, 0.25) is 0 Å². The Kier molecular flexibility index (Phi) is 10.1. The van der Waals surface area contributed by atoms with Crippen molar-refractivity contribution in [2.75, 3.05) is 4.90 Å². The standard InChI is InChI=1S/C58H52N4/c59-58(42-19-6-2-7-20-42)60-53(37-31-40-17-4-1-5-18-40)48-24-11-10-23-46(48)43-34-38-56-52(39-43)50-26-13-14-29-54(50)61(56)45-35-32-41(33-36-45)47-27-16-28-51-49-25-12-15-30-55(49)62(57(47)51)44-21-8-3-9-22-44/h1-9,12,14-25,27-30,32,34-39,41,47,57-58,60H,10-11,13,26,31,33,59H2/b53-37-. The van der Waals surface area contributed by atoms with E-state index in [-0.39, 0.29) is 12.2 Å². The molecule has 1 aliphatic heterocycles. The van der Waals surface area contributed by atoms with Crippen LogP contribution in [0.15, 0.2) is 205 Å². The molecule has 5 aromatic carbocycles. The van der Waals surface area contributed by atoms with Crippen LogP contribution in [0.5, 0.6) is 0 Å². The first kappa shape index (κ1) is 38.1. The van der Waals surface area contributed by atoms with E-state index in [1.807, 2.05) is 6.07 Å². The van der Waals surface area contributed by atoms with Crippen molar-refractivity contribution in [2.24, 2.45) is 17.6 Å². The number of nitrogens with two attached hydrogens (primary N) is 1. The van der Waals surface area contributed by atoms with Gasteiger partial charge in [0.1, 0.15) is 6.17 Å². The first-order valence-corrected chi connectivity index (χ1v) is 22.5. The average Bonchev–Trinajstić information content (AvgIpc) is 3.86. The van der Waals surface area contributed by atoms with Gasteiger partial charge in [-0.25, -0.2) is 0 Å². The third-order valence-corrected chi connectivity index (χ3v) is 13.5. The van der Waals surface area contributed by atoms with Crippen LogP contribution >= 0.6 is 0 Å². The van der Waals surface area contributed by atoms with Gasteiger partial charge in [-0.15, -0.1) is 0 Å². The maximum absolute atomic E-state index is 6.88. The number of fused-ring (bicyclic) bond motifs is 6. The normalized spacial score (nSPS) is 20.8. The number of nitrogens with one attached hydrogen (secondary N) is 1. The molecule has 6 aromatic rings. The molecule has 304 valence electrons. The third-order valence-electron chi connectivity index (χ3n) is 13.5. The van der Waals surface area contributed by atoms with Crippen LogP contribution in [-0.4, -0.2) is 10.6 Å². The molecular formula is C58H52N4. The Morgan fingerprint density at radius 2 is 1.55 bits per heavy atom. The molecule has 3 N–H and O–H groups in total. The lowest BCUT2D eigenvalue weighted by Crippen LogP contribution is -2.38. The molecule has 0 spiro atoms. The highest BCUT2D eigenvalue weighted by molar-refractivity contribution is 5.97. The second-order valence-electron chi connectivity index (χ2n) is 17.2. The van der Waals surface area contributed by atoms with Crippen molar-refractivity contribution < 1.29 is 0 Å². The van der Waals surface area contributed by atoms with E-state index in [2.05, 4.69) is 209 Å². The summed E-state index contributed by atoms with van der Waals surface area (Å²) in [6.07, 6.45) is 31.9. The van der Waals surface area contributed by atoms with Gasteiger partial charge in [-0.1, -0.05) is 158 Å². The molecule has 0 amide bonds. The van der Waals surface area contributed by atoms with E-state index in [1.54, 1.807) is 0 Å². The molecule has 11 rings (SSSR count). The third kappa shape index (κ3) is 6.95. The summed E-state index contributed by atoms with van der Waals surface area (Å²) in [5, 5.41) is 5.10. The maximum atomic E-state index is 6.88. The number of nitrogens with zero attached hydrogens (tertiary/aromatic N) is 2. The fraction of sp³-hybridized carbons (Fsp3) is 0.172. The Hall–Kier alpha value is -6.88. The Bertz CT molecular complexity index is 2900. The fourth-order valence-corrected chi connectivity index (χ4v) is 10.6. The average molecular weight is 805 g/mol. The minimum atomic E-state index is -0.334. The van der Waals surface area contributed by atoms with Gasteiger partial charge in [0.05, 0.1) is 11.6 Å². The lowest BCUT2D eigenvalue weighted by atomic mass is 9.76. The van der Waals surface area contributed by atoms with E-state index in [9.17, 15) is 0 Å². The summed E-state index contributed by atoms with van der Waals surface area (Å²) >= 11 is 0. The highest BCUT2D eigenvalue weighted by Crippen LogP contribution is 2.51. The summed E-state index contributed by atoms with van der Waals surface area (Å²) in [5.41, 5.74) is 24.7. The Morgan fingerprint density at radius 1 is 0.774 bits per heavy atom. The van der Waals surface area contributed by atoms with Crippen LogP contribution in [0.4, 0.5) is 11.4 Å². The van der Waals surface area contributed by atoms with Crippen LogP contribution in [0, 0.1) is 11.8 Å². The summed E-state index contributed by atoms with van der Waals surface area (Å²) in [6.45, 7) is 0. The number of allylic oxidation sites excluding steroid dienone is 11. The molecule has 0 fully saturated rings. The van der Waals surface area contributed by atoms with Crippen molar-refractivity contribution in [3.8, 4) is 0 Å². The second-order valence-corrected chi connectivity index (χ2v) is 17.2. The van der Waals surface area contributed by atoms with Crippen LogP contribution in [-0.2, 0) is 12.8 Å². The molecule has 4 aliphatic carbocycles. The molecular weight excluding hydrogens is 753 g/mol. The predicted octanol–water partition coefficient (Wildman–Crippen LogP) is 13.3. The van der Waals surface area contributed by atoms with Gasteiger partial charge in [-0.05, 0) is 120 Å². The van der Waals surface area contributed by atoms with Crippen LogP contribution in [0.25, 0.3) is 33.8 Å². The molecule has 4 atom stereocenters. The van der Waals surface area contributed by atoms with Crippen molar-refractivity contribution in [2.45, 2.75) is 50.7 Å². The number of benzene rings is 5. The number of para-hydroxylation sites is 2. The topological polar surface area (TPSA) is 46.2 Å². The molecule has 2 heterocycles. The van der Waals surface area contributed by atoms with E-state index in [4.69, 9.17) is 5.73 Å². The zero-order valence-electron chi connectivity index (χ0n) is 35.1. The van der Waals surface area contributed by atoms with Gasteiger partial charge >= 0.3 is 0 Å². The monoisotopic (exact) mass is 804 g/mol. The van der Waals surface area contributed by atoms with E-state index in [1.165, 1.54) is 72.6 Å². The molecule has 4 unspecified atom stereocenters. The van der Waals surface area contributed by atoms with Gasteiger partial charge in [-0.2, -0.15) is 0 Å². The number of rotatable bonds is 10. The molecule has 1 aromatic heterocycles. The lowest BCUT2D eigenvalue weighted by molar-refractivity contribution is 0.441. The van der Waals surface area contributed by atoms with Crippen molar-refractivity contribution in [3.05, 3.63) is 239 Å². The number of aryl methyl sites for hydroxylation is 1. The van der Waals surface area contributed by atoms with Gasteiger partial charge in [-0.3, -0.25) is 0 Å². The number of anilines is 2. The SMILES string of the molecule is NC(N/C(=C\Cc1ccccc1)C1=CCCC=C1c1ccc2c(c1)c1c(n2C2=CCC(C3C=CC=C4c5ccccc5N(c5ccccc5)C43)C=C2)C=CCC1)c1ccccc1. The van der Waals surface area contributed by atoms with Gasteiger partial charge < -0.3 is 20.5 Å². The molecule has 0 saturated carbocycles. The molecule has 62 heavy (non-hydrogen) atoms. The van der Waals surface area contributed by atoms with Crippen LogP contribution < -0.4 is 16.0 Å². The summed E-state index contributed by atoms with van der Waals surface area (Å²) in [4.78, 5) is 2.58. The predicted molar refractivity (Wildman–Crippen MR) is 260 cm³/mol. The number of hydrogen-bond donors (Lipinski definition) is 2. The van der Waals surface area contributed by atoms with E-state index >= 15 is 0 Å². The van der Waals surface area contributed by atoms with Gasteiger partial charge in [0.15, 0.2) is 0 Å². The number of aromatic nitrogens is 1. The van der Waals surface area contributed by atoms with Crippen molar-refractivity contribution in [1.82, 2.24) is 9.88 Å². The van der Waals surface area contributed by atoms with Gasteiger partial charge in [0, 0.05) is 50.9 Å². The van der Waals surface area contributed by atoms with Gasteiger partial charge in [0.2, 0.25) is 0 Å². The smallest absolute Gasteiger partial charge is 0.101 e. The Labute approximate surface area is 365 Å². The fourth-order valence-electron chi connectivity index (χ4n) is 10.6. The largest absolute Gasteiger partial charge is 0.366 e. The van der Waals surface area contributed by atoms with Gasteiger partial charge in [0.25, 0.3) is 0 Å². The van der Waals surface area contributed by atoms with Crippen molar-refractivity contribution in [3.63, 3.8) is 0 Å². The van der Waals surface area contributed by atoms with E-state index in [0.717, 1.165) is 49.8 Å². The second kappa shape index (κ2) is 16.5. The highest BCUT2D eigenvalue weighted by Gasteiger charge is 2.42. The Morgan fingerprint density at radius 3 is 2.37 bits per heavy atom. The highest BCUT2D eigenvalue weighted by atomic mass is 15.2. The summed E-state index contributed by atoms with van der Waals surface area (Å²) in [5.74, 6) is 0.712. The minimum absolute atomic E-state index is 0.247. The zero-order chi connectivity index (χ0) is 41.4. The summed E-state index contributed by atoms with van der Waals surface area (Å²) in [6, 6.07) is 48.3. The first-order valence-electron chi connectivity index (χ1n) is 22.5. The quantitative estimate of drug-likeness (QED) is 0.136. The van der Waals surface area contributed by atoms with Crippen molar-refractivity contribution in [1.29, 1.82) is 0 Å². The first-order chi connectivity index (χ1) is 30.7. The molecule has 0 saturated heterocycles. The lowest BCUT2D eigenvalue weighted by Gasteiger charge is -2.38. The zero-order valence-corrected chi connectivity index (χ0v) is 35.1. The van der Waals surface area contributed by atoms with Crippen LogP contribution in [0.3, 0.4) is 0 Å².